The number of benzene rings is 1. The van der Waals surface area contributed by atoms with Crippen LogP contribution in [0.3, 0.4) is 0 Å². The molecule has 230 valence electrons. The molecule has 3 aromatic rings. The van der Waals surface area contributed by atoms with Gasteiger partial charge < -0.3 is 29.4 Å². The van der Waals surface area contributed by atoms with Crippen LogP contribution in [0.1, 0.15) is 53.5 Å². The highest BCUT2D eigenvalue weighted by Gasteiger charge is 2.32. The minimum Gasteiger partial charge on any atom is -0.392 e. The maximum absolute atomic E-state index is 13.8. The Morgan fingerprint density at radius 2 is 1.86 bits per heavy atom. The third-order valence-corrected chi connectivity index (χ3v) is 9.83. The Balaban J connectivity index is 1.23. The van der Waals surface area contributed by atoms with E-state index in [1.807, 2.05) is 35.4 Å². The summed E-state index contributed by atoms with van der Waals surface area (Å²) >= 11 is 0. The number of hydrogen-bond donors (Lipinski definition) is 2. The number of amides is 1. The maximum Gasteiger partial charge on any atom is 0.274 e. The van der Waals surface area contributed by atoms with Gasteiger partial charge in [-0.25, -0.2) is 0 Å². The quantitative estimate of drug-likeness (QED) is 0.447. The number of aryl methyl sites for hydroxylation is 2. The van der Waals surface area contributed by atoms with Gasteiger partial charge in [0.2, 0.25) is 0 Å². The number of allylic oxidation sites excluding steroid dienone is 1. The minimum absolute atomic E-state index is 0.0227. The van der Waals surface area contributed by atoms with E-state index >= 15 is 0 Å². The Morgan fingerprint density at radius 1 is 1.02 bits per heavy atom. The molecular formula is C35H42N6O3. The molecule has 1 aromatic carbocycles. The predicted octanol–water partition coefficient (Wildman–Crippen LogP) is 4.10. The number of hydrogen-bond acceptors (Lipinski definition) is 6. The highest BCUT2D eigenvalue weighted by Crippen LogP contribution is 2.36. The van der Waals surface area contributed by atoms with E-state index in [9.17, 15) is 14.7 Å². The van der Waals surface area contributed by atoms with Crippen molar-refractivity contribution in [2.45, 2.75) is 58.2 Å². The Morgan fingerprint density at radius 3 is 2.68 bits per heavy atom. The Labute approximate surface area is 258 Å². The lowest BCUT2D eigenvalue weighted by Gasteiger charge is -2.42. The summed E-state index contributed by atoms with van der Waals surface area (Å²) in [7, 11) is 3.89. The van der Waals surface area contributed by atoms with Crippen molar-refractivity contribution < 1.29 is 9.90 Å². The zero-order valence-electron chi connectivity index (χ0n) is 26.0. The molecule has 3 aliphatic heterocycles. The molecular weight excluding hydrogens is 552 g/mol. The summed E-state index contributed by atoms with van der Waals surface area (Å²) in [6.45, 7) is 6.18. The number of piperazine rings is 1. The van der Waals surface area contributed by atoms with Gasteiger partial charge in [-0.1, -0.05) is 19.1 Å². The molecule has 1 saturated heterocycles. The van der Waals surface area contributed by atoms with E-state index in [-0.39, 0.29) is 24.1 Å². The summed E-state index contributed by atoms with van der Waals surface area (Å²) in [5, 5.41) is 14.1. The molecule has 0 spiro atoms. The van der Waals surface area contributed by atoms with Crippen LogP contribution < -0.4 is 15.8 Å². The molecule has 4 aliphatic rings. The first-order valence-corrected chi connectivity index (χ1v) is 16.0. The van der Waals surface area contributed by atoms with Crippen molar-refractivity contribution in [2.24, 2.45) is 7.05 Å². The van der Waals surface area contributed by atoms with Gasteiger partial charge in [0.15, 0.2) is 0 Å². The largest absolute Gasteiger partial charge is 0.392 e. The number of nitrogens with zero attached hydrogens (tertiary/aromatic N) is 5. The lowest BCUT2D eigenvalue weighted by Crippen LogP contribution is -2.48. The standard InChI is InChI=1S/C35H42N6O3/c1-4-26-18-25(19-27-21-37(2)12-13-39(26)27)36-30-16-24(20-38(3)34(30)43)28-9-7-11-32(29(28)22-42)41-15-14-40-31-10-6-5-8-23(31)17-33(40)35(41)44/h7,9,11,16-20,26,36,42H,4-6,8,10,12-15,21-22H2,1-3H3. The molecule has 9 heteroatoms. The van der Waals surface area contributed by atoms with Crippen molar-refractivity contribution >= 4 is 17.3 Å². The van der Waals surface area contributed by atoms with Crippen LogP contribution in [0.15, 0.2) is 64.9 Å². The normalized spacial score (nSPS) is 20.1. The Bertz CT molecular complexity index is 1750. The molecule has 44 heavy (non-hydrogen) atoms. The Hall–Kier alpha value is -4.08. The summed E-state index contributed by atoms with van der Waals surface area (Å²) < 4.78 is 3.80. The molecule has 1 fully saturated rings. The average molecular weight is 595 g/mol. The van der Waals surface area contributed by atoms with E-state index in [4.69, 9.17) is 0 Å². The zero-order chi connectivity index (χ0) is 30.5. The van der Waals surface area contributed by atoms with Crippen molar-refractivity contribution in [3.63, 3.8) is 0 Å². The van der Waals surface area contributed by atoms with Gasteiger partial charge in [0.05, 0.1) is 12.3 Å². The van der Waals surface area contributed by atoms with Crippen LogP contribution in [0, 0.1) is 0 Å². The SMILES string of the molecule is CCC1C=C(Nc2cc(-c3cccc(N4CCn5c(cc6c5CCCC6)C4=O)c3CO)cn(C)c2=O)C=C2CN(C)CCN21. The summed E-state index contributed by atoms with van der Waals surface area (Å²) in [6, 6.07) is 10.0. The molecule has 2 aromatic heterocycles. The van der Waals surface area contributed by atoms with E-state index in [0.29, 0.717) is 17.8 Å². The summed E-state index contributed by atoms with van der Waals surface area (Å²) in [6.07, 6.45) is 11.6. The van der Waals surface area contributed by atoms with Gasteiger partial charge in [-0.05, 0) is 80.6 Å². The molecule has 1 unspecified atom stereocenters. The van der Waals surface area contributed by atoms with Crippen molar-refractivity contribution in [2.75, 3.05) is 43.4 Å². The van der Waals surface area contributed by atoms with Crippen LogP contribution >= 0.6 is 0 Å². The van der Waals surface area contributed by atoms with E-state index in [2.05, 4.69) is 51.9 Å². The van der Waals surface area contributed by atoms with Crippen molar-refractivity contribution in [3.05, 3.63) is 92.9 Å². The molecule has 0 saturated carbocycles. The topological polar surface area (TPSA) is 86.0 Å². The van der Waals surface area contributed by atoms with Crippen LogP contribution in [0.5, 0.6) is 0 Å². The van der Waals surface area contributed by atoms with Gasteiger partial charge in [-0.3, -0.25) is 14.5 Å². The fourth-order valence-electron chi connectivity index (χ4n) is 7.55. The summed E-state index contributed by atoms with van der Waals surface area (Å²) in [5.41, 5.74) is 8.92. The molecule has 7 rings (SSSR count). The van der Waals surface area contributed by atoms with Crippen molar-refractivity contribution in [1.82, 2.24) is 18.9 Å². The van der Waals surface area contributed by atoms with Crippen LogP contribution in [0.25, 0.3) is 11.1 Å². The second-order valence-corrected chi connectivity index (χ2v) is 12.6. The fourth-order valence-corrected chi connectivity index (χ4v) is 7.55. The van der Waals surface area contributed by atoms with Gasteiger partial charge in [0, 0.05) is 80.2 Å². The first-order valence-electron chi connectivity index (χ1n) is 16.0. The molecule has 1 amide bonds. The number of likely N-dealkylation sites (N-methyl/N-ethyl adjacent to an activating group) is 1. The smallest absolute Gasteiger partial charge is 0.274 e. The molecule has 1 atom stereocenters. The molecule has 9 nitrogen and oxygen atoms in total. The van der Waals surface area contributed by atoms with Gasteiger partial charge >= 0.3 is 0 Å². The van der Waals surface area contributed by atoms with Gasteiger partial charge in [-0.2, -0.15) is 0 Å². The van der Waals surface area contributed by atoms with Gasteiger partial charge in [0.25, 0.3) is 11.5 Å². The van der Waals surface area contributed by atoms with Gasteiger partial charge in [0.1, 0.15) is 11.4 Å². The number of carbonyl (C=O) groups is 1. The predicted molar refractivity (Wildman–Crippen MR) is 174 cm³/mol. The number of aliphatic hydroxyl groups excluding tert-OH is 1. The number of carbonyl (C=O) groups excluding carboxylic acids is 1. The van der Waals surface area contributed by atoms with E-state index in [1.165, 1.54) is 29.8 Å². The molecule has 0 bridgehead atoms. The van der Waals surface area contributed by atoms with E-state index < -0.39 is 0 Å². The number of rotatable bonds is 6. The first-order chi connectivity index (χ1) is 21.4. The third kappa shape index (κ3) is 4.88. The average Bonchev–Trinajstić information content (AvgIpc) is 3.42. The van der Waals surface area contributed by atoms with Crippen LogP contribution in [0.4, 0.5) is 11.4 Å². The van der Waals surface area contributed by atoms with Gasteiger partial charge in [-0.15, -0.1) is 0 Å². The van der Waals surface area contributed by atoms with Crippen LogP contribution in [0.2, 0.25) is 0 Å². The van der Waals surface area contributed by atoms with E-state index in [1.54, 1.807) is 11.6 Å². The number of anilines is 2. The molecule has 2 N–H and O–H groups in total. The first kappa shape index (κ1) is 28.7. The second-order valence-electron chi connectivity index (χ2n) is 12.6. The summed E-state index contributed by atoms with van der Waals surface area (Å²) in [5.74, 6) is -0.0227. The number of pyridine rings is 1. The number of fused-ring (bicyclic) bond motifs is 4. The summed E-state index contributed by atoms with van der Waals surface area (Å²) in [4.78, 5) is 33.8. The minimum atomic E-state index is -0.225. The third-order valence-electron chi connectivity index (χ3n) is 9.83. The number of nitrogens with one attached hydrogen (secondary N) is 1. The van der Waals surface area contributed by atoms with E-state index in [0.717, 1.165) is 73.6 Å². The fraction of sp³-hybridized carbons (Fsp3) is 0.429. The molecule has 5 heterocycles. The highest BCUT2D eigenvalue weighted by molar-refractivity contribution is 6.07. The maximum atomic E-state index is 13.8. The Kier molecular flexibility index (Phi) is 7.46. The zero-order valence-corrected chi connectivity index (χ0v) is 26.0. The lowest BCUT2D eigenvalue weighted by atomic mass is 9.98. The van der Waals surface area contributed by atoms with Crippen LogP contribution in [-0.2, 0) is 33.0 Å². The number of aromatic nitrogens is 2. The van der Waals surface area contributed by atoms with Crippen LogP contribution in [-0.4, -0.2) is 69.2 Å². The monoisotopic (exact) mass is 594 g/mol. The second kappa shape index (κ2) is 11.4. The van der Waals surface area contributed by atoms with Crippen molar-refractivity contribution in [3.8, 4) is 11.1 Å². The number of aliphatic hydroxyl groups is 1. The highest BCUT2D eigenvalue weighted by atomic mass is 16.3. The lowest BCUT2D eigenvalue weighted by molar-refractivity contribution is 0.0964. The van der Waals surface area contributed by atoms with Crippen molar-refractivity contribution in [1.29, 1.82) is 0 Å². The molecule has 0 radical (unpaired) electrons. The molecule has 1 aliphatic carbocycles.